The van der Waals surface area contributed by atoms with Crippen LogP contribution in [0.2, 0.25) is 0 Å². The number of carbonyl (C=O) groups is 2. The van der Waals surface area contributed by atoms with Gasteiger partial charge in [0.2, 0.25) is 11.8 Å². The van der Waals surface area contributed by atoms with Gasteiger partial charge in [0.15, 0.2) is 12.3 Å². The number of anilines is 1. The summed E-state index contributed by atoms with van der Waals surface area (Å²) in [5.74, 6) is 0.551. The monoisotopic (exact) mass is 377 g/mol. The molecular weight excluding hydrogens is 358 g/mol. The van der Waals surface area contributed by atoms with Crippen molar-refractivity contribution in [2.24, 2.45) is 0 Å². The molecule has 0 N–H and O–H groups in total. The highest BCUT2D eigenvalue weighted by molar-refractivity contribution is 6.00. The fourth-order valence-electron chi connectivity index (χ4n) is 3.03. The van der Waals surface area contributed by atoms with E-state index in [0.29, 0.717) is 24.7 Å². The molecule has 1 aliphatic rings. The zero-order valence-corrected chi connectivity index (χ0v) is 15.2. The van der Waals surface area contributed by atoms with Crippen LogP contribution < -0.4 is 9.64 Å². The molecule has 0 spiro atoms. The van der Waals surface area contributed by atoms with Crippen molar-refractivity contribution < 1.29 is 18.7 Å². The van der Waals surface area contributed by atoms with Crippen LogP contribution in [0.1, 0.15) is 16.4 Å². The SMILES string of the molecule is O=C(c1coc(COc2ccccc2)n1)N1CCN(c2ccccc2)C(=O)C1. The summed E-state index contributed by atoms with van der Waals surface area (Å²) in [6.07, 6.45) is 1.31. The Hall–Kier alpha value is -3.61. The molecule has 2 amide bonds. The number of aromatic nitrogens is 1. The van der Waals surface area contributed by atoms with Crippen molar-refractivity contribution in [3.8, 4) is 5.75 Å². The van der Waals surface area contributed by atoms with Crippen LogP contribution in [0.5, 0.6) is 5.75 Å². The third-order valence-electron chi connectivity index (χ3n) is 4.45. The van der Waals surface area contributed by atoms with E-state index in [1.807, 2.05) is 60.7 Å². The van der Waals surface area contributed by atoms with Gasteiger partial charge in [-0.15, -0.1) is 0 Å². The number of carbonyl (C=O) groups excluding carboxylic acids is 2. The van der Waals surface area contributed by atoms with Gasteiger partial charge in [0.25, 0.3) is 5.91 Å². The second-order valence-corrected chi connectivity index (χ2v) is 6.34. The topological polar surface area (TPSA) is 75.9 Å². The molecular formula is C21H19N3O4. The number of hydrogen-bond donors (Lipinski definition) is 0. The summed E-state index contributed by atoms with van der Waals surface area (Å²) in [4.78, 5) is 32.5. The fraction of sp³-hybridized carbons (Fsp3) is 0.190. The van der Waals surface area contributed by atoms with E-state index in [2.05, 4.69) is 4.98 Å². The van der Waals surface area contributed by atoms with E-state index in [0.717, 1.165) is 5.69 Å². The number of nitrogens with zero attached hydrogens (tertiary/aromatic N) is 3. The lowest BCUT2D eigenvalue weighted by Gasteiger charge is -2.33. The second-order valence-electron chi connectivity index (χ2n) is 6.34. The van der Waals surface area contributed by atoms with Crippen molar-refractivity contribution in [3.05, 3.63) is 78.5 Å². The fourth-order valence-corrected chi connectivity index (χ4v) is 3.03. The molecule has 0 atom stereocenters. The molecule has 1 aromatic heterocycles. The number of amides is 2. The van der Waals surface area contributed by atoms with Gasteiger partial charge in [-0.3, -0.25) is 9.59 Å². The summed E-state index contributed by atoms with van der Waals surface area (Å²) >= 11 is 0. The minimum absolute atomic E-state index is 0.0104. The van der Waals surface area contributed by atoms with Gasteiger partial charge < -0.3 is 19.0 Å². The number of para-hydroxylation sites is 2. The predicted molar refractivity (Wildman–Crippen MR) is 102 cm³/mol. The largest absolute Gasteiger partial charge is 0.484 e. The van der Waals surface area contributed by atoms with Crippen LogP contribution in [0.25, 0.3) is 0 Å². The average Bonchev–Trinajstić information content (AvgIpc) is 3.22. The first-order valence-corrected chi connectivity index (χ1v) is 8.97. The minimum Gasteiger partial charge on any atom is -0.484 e. The smallest absolute Gasteiger partial charge is 0.276 e. The maximum Gasteiger partial charge on any atom is 0.276 e. The van der Waals surface area contributed by atoms with Crippen LogP contribution in [0.3, 0.4) is 0 Å². The number of hydrogen-bond acceptors (Lipinski definition) is 5. The Labute approximate surface area is 162 Å². The van der Waals surface area contributed by atoms with Gasteiger partial charge in [0.1, 0.15) is 18.6 Å². The first-order chi connectivity index (χ1) is 13.7. The summed E-state index contributed by atoms with van der Waals surface area (Å²) in [5, 5.41) is 0. The highest BCUT2D eigenvalue weighted by Gasteiger charge is 2.29. The van der Waals surface area contributed by atoms with Gasteiger partial charge in [0.05, 0.1) is 0 Å². The molecule has 3 aromatic rings. The maximum absolute atomic E-state index is 12.7. The van der Waals surface area contributed by atoms with E-state index in [9.17, 15) is 9.59 Å². The molecule has 0 bridgehead atoms. The molecule has 0 aliphatic carbocycles. The molecule has 1 saturated heterocycles. The third kappa shape index (κ3) is 3.88. The van der Waals surface area contributed by atoms with E-state index < -0.39 is 0 Å². The van der Waals surface area contributed by atoms with E-state index in [1.54, 1.807) is 4.90 Å². The summed E-state index contributed by atoms with van der Waals surface area (Å²) < 4.78 is 10.9. The van der Waals surface area contributed by atoms with Gasteiger partial charge >= 0.3 is 0 Å². The Morgan fingerprint density at radius 2 is 1.75 bits per heavy atom. The van der Waals surface area contributed by atoms with Crippen LogP contribution in [0.4, 0.5) is 5.69 Å². The Kier molecular flexibility index (Phi) is 5.05. The Morgan fingerprint density at radius 3 is 2.46 bits per heavy atom. The molecule has 7 nitrogen and oxygen atoms in total. The zero-order valence-electron chi connectivity index (χ0n) is 15.2. The molecule has 0 saturated carbocycles. The predicted octanol–water partition coefficient (Wildman–Crippen LogP) is 2.74. The van der Waals surface area contributed by atoms with Crippen LogP contribution in [0, 0.1) is 0 Å². The Bertz CT molecular complexity index is 956. The molecule has 2 heterocycles. The second kappa shape index (κ2) is 7.96. The highest BCUT2D eigenvalue weighted by atomic mass is 16.5. The van der Waals surface area contributed by atoms with E-state index in [4.69, 9.17) is 9.15 Å². The van der Waals surface area contributed by atoms with E-state index in [1.165, 1.54) is 11.2 Å². The van der Waals surface area contributed by atoms with Crippen molar-refractivity contribution in [2.45, 2.75) is 6.61 Å². The van der Waals surface area contributed by atoms with Gasteiger partial charge in [-0.1, -0.05) is 36.4 Å². The number of oxazole rings is 1. The van der Waals surface area contributed by atoms with Crippen molar-refractivity contribution in [1.29, 1.82) is 0 Å². The lowest BCUT2D eigenvalue weighted by atomic mass is 10.2. The third-order valence-corrected chi connectivity index (χ3v) is 4.45. The zero-order chi connectivity index (χ0) is 19.3. The normalized spacial score (nSPS) is 14.2. The number of piperazine rings is 1. The van der Waals surface area contributed by atoms with Crippen LogP contribution in [-0.2, 0) is 11.4 Å². The van der Waals surface area contributed by atoms with Crippen molar-refractivity contribution in [3.63, 3.8) is 0 Å². The summed E-state index contributed by atoms with van der Waals surface area (Å²) in [5.41, 5.74) is 1.01. The van der Waals surface area contributed by atoms with Gasteiger partial charge in [-0.2, -0.15) is 0 Å². The minimum atomic E-state index is -0.323. The summed E-state index contributed by atoms with van der Waals surface area (Å²) in [6, 6.07) is 18.7. The molecule has 2 aromatic carbocycles. The number of rotatable bonds is 5. The molecule has 0 radical (unpaired) electrons. The first kappa shape index (κ1) is 17.8. The molecule has 4 rings (SSSR count). The molecule has 7 heteroatoms. The lowest BCUT2D eigenvalue weighted by molar-refractivity contribution is -0.120. The lowest BCUT2D eigenvalue weighted by Crippen LogP contribution is -2.52. The van der Waals surface area contributed by atoms with Crippen LogP contribution in [0.15, 0.2) is 71.3 Å². The Morgan fingerprint density at radius 1 is 1.04 bits per heavy atom. The van der Waals surface area contributed by atoms with E-state index in [-0.39, 0.29) is 30.7 Å². The van der Waals surface area contributed by atoms with Crippen LogP contribution >= 0.6 is 0 Å². The highest BCUT2D eigenvalue weighted by Crippen LogP contribution is 2.18. The number of ether oxygens (including phenoxy) is 1. The van der Waals surface area contributed by atoms with Crippen molar-refractivity contribution >= 4 is 17.5 Å². The quantitative estimate of drug-likeness (QED) is 0.683. The first-order valence-electron chi connectivity index (χ1n) is 8.97. The van der Waals surface area contributed by atoms with Gasteiger partial charge in [-0.05, 0) is 24.3 Å². The van der Waals surface area contributed by atoms with Gasteiger partial charge in [-0.25, -0.2) is 4.98 Å². The number of benzene rings is 2. The van der Waals surface area contributed by atoms with E-state index >= 15 is 0 Å². The van der Waals surface area contributed by atoms with Gasteiger partial charge in [0, 0.05) is 18.8 Å². The summed E-state index contributed by atoms with van der Waals surface area (Å²) in [7, 11) is 0. The van der Waals surface area contributed by atoms with Crippen molar-refractivity contribution in [2.75, 3.05) is 24.5 Å². The van der Waals surface area contributed by atoms with Crippen molar-refractivity contribution in [1.82, 2.24) is 9.88 Å². The van der Waals surface area contributed by atoms with Crippen LogP contribution in [-0.4, -0.2) is 41.3 Å². The maximum atomic E-state index is 12.7. The Balaban J connectivity index is 1.36. The summed E-state index contributed by atoms with van der Waals surface area (Å²) in [6.45, 7) is 1.01. The average molecular weight is 377 g/mol. The molecule has 28 heavy (non-hydrogen) atoms. The molecule has 142 valence electrons. The molecule has 1 fully saturated rings. The standard InChI is InChI=1S/C21H19N3O4/c25-20-13-23(11-12-24(20)16-7-3-1-4-8-16)21(26)18-14-28-19(22-18)15-27-17-9-5-2-6-10-17/h1-10,14H,11-13,15H2. The molecule has 1 aliphatic heterocycles. The molecule has 0 unspecified atom stereocenters.